The van der Waals surface area contributed by atoms with Crippen molar-refractivity contribution in [1.29, 1.82) is 0 Å². The predicted molar refractivity (Wildman–Crippen MR) is 65.6 cm³/mol. The number of hydrogen-bond donors (Lipinski definition) is 2. The quantitative estimate of drug-likeness (QED) is 0.640. The lowest BCUT2D eigenvalue weighted by Crippen LogP contribution is -2.27. The van der Waals surface area contributed by atoms with Gasteiger partial charge in [-0.1, -0.05) is 26.7 Å². The van der Waals surface area contributed by atoms with Crippen LogP contribution in [0.15, 0.2) is 0 Å². The van der Waals surface area contributed by atoms with E-state index in [9.17, 15) is 9.59 Å². The van der Waals surface area contributed by atoms with Crippen molar-refractivity contribution in [3.8, 4) is 0 Å². The van der Waals surface area contributed by atoms with Gasteiger partial charge in [0.2, 0.25) is 5.91 Å². The highest BCUT2D eigenvalue weighted by atomic mass is 16.4. The largest absolute Gasteiger partial charge is 0.481 e. The number of carbonyl (C=O) groups excluding carboxylic acids is 1. The molecule has 0 radical (unpaired) electrons. The fourth-order valence-corrected chi connectivity index (χ4v) is 2.00. The molecule has 17 heavy (non-hydrogen) atoms. The molecule has 0 aromatic heterocycles. The molecule has 0 heterocycles. The van der Waals surface area contributed by atoms with E-state index in [2.05, 4.69) is 19.2 Å². The SMILES string of the molecule is CC1(C)C[C@@H]1C(=O)NCCCCCCC(=O)O. The standard InChI is InChI=1S/C13H23NO3/c1-13(2)9-10(13)12(17)14-8-6-4-3-5-7-11(15)16/h10H,3-9H2,1-2H3,(H,14,17)(H,15,16)/t10-/m1/s1. The summed E-state index contributed by atoms with van der Waals surface area (Å²) in [7, 11) is 0. The van der Waals surface area contributed by atoms with Gasteiger partial charge in [-0.15, -0.1) is 0 Å². The molecular weight excluding hydrogens is 218 g/mol. The Morgan fingerprint density at radius 2 is 1.82 bits per heavy atom. The van der Waals surface area contributed by atoms with Crippen molar-refractivity contribution in [2.24, 2.45) is 11.3 Å². The Hall–Kier alpha value is -1.06. The molecule has 4 nitrogen and oxygen atoms in total. The van der Waals surface area contributed by atoms with E-state index in [4.69, 9.17) is 5.11 Å². The molecule has 4 heteroatoms. The molecule has 1 rings (SSSR count). The minimum atomic E-state index is -0.728. The van der Waals surface area contributed by atoms with Crippen molar-refractivity contribution >= 4 is 11.9 Å². The van der Waals surface area contributed by atoms with Gasteiger partial charge in [-0.3, -0.25) is 9.59 Å². The summed E-state index contributed by atoms with van der Waals surface area (Å²) in [5.41, 5.74) is 0.200. The maximum atomic E-state index is 11.6. The highest BCUT2D eigenvalue weighted by Gasteiger charge is 2.50. The average molecular weight is 241 g/mol. The molecule has 0 saturated heterocycles. The van der Waals surface area contributed by atoms with Gasteiger partial charge in [0, 0.05) is 18.9 Å². The minimum Gasteiger partial charge on any atom is -0.481 e. The van der Waals surface area contributed by atoms with Crippen molar-refractivity contribution < 1.29 is 14.7 Å². The summed E-state index contributed by atoms with van der Waals surface area (Å²) in [6.07, 6.45) is 4.84. The lowest BCUT2D eigenvalue weighted by molar-refractivity contribution is -0.137. The Balaban J connectivity index is 1.91. The van der Waals surface area contributed by atoms with Crippen molar-refractivity contribution in [3.63, 3.8) is 0 Å². The van der Waals surface area contributed by atoms with Crippen LogP contribution < -0.4 is 5.32 Å². The molecule has 1 atom stereocenters. The van der Waals surface area contributed by atoms with Gasteiger partial charge < -0.3 is 10.4 Å². The smallest absolute Gasteiger partial charge is 0.303 e. The summed E-state index contributed by atoms with van der Waals surface area (Å²) in [5.74, 6) is -0.343. The lowest BCUT2D eigenvalue weighted by atomic mass is 10.1. The highest BCUT2D eigenvalue weighted by Crippen LogP contribution is 2.51. The molecule has 0 aromatic rings. The number of nitrogens with one attached hydrogen (secondary N) is 1. The van der Waals surface area contributed by atoms with Crippen molar-refractivity contribution in [1.82, 2.24) is 5.32 Å². The van der Waals surface area contributed by atoms with Gasteiger partial charge in [0.05, 0.1) is 0 Å². The fraction of sp³-hybridized carbons (Fsp3) is 0.846. The van der Waals surface area contributed by atoms with Gasteiger partial charge in [0.25, 0.3) is 0 Å². The summed E-state index contributed by atoms with van der Waals surface area (Å²) < 4.78 is 0. The van der Waals surface area contributed by atoms with E-state index in [0.717, 1.165) is 38.6 Å². The van der Waals surface area contributed by atoms with Crippen LogP contribution in [0.1, 0.15) is 52.4 Å². The number of carbonyl (C=O) groups is 2. The number of rotatable bonds is 8. The fourth-order valence-electron chi connectivity index (χ4n) is 2.00. The second kappa shape index (κ2) is 6.03. The molecule has 0 bridgehead atoms. The first-order valence-electron chi connectivity index (χ1n) is 6.43. The third-order valence-corrected chi connectivity index (χ3v) is 3.45. The first kappa shape index (κ1) is 14.0. The molecule has 1 amide bonds. The van der Waals surface area contributed by atoms with Crippen LogP contribution in [0.5, 0.6) is 0 Å². The summed E-state index contributed by atoms with van der Waals surface area (Å²) in [4.78, 5) is 21.9. The van der Waals surface area contributed by atoms with Gasteiger partial charge >= 0.3 is 5.97 Å². The van der Waals surface area contributed by atoms with E-state index in [1.807, 2.05) is 0 Å². The van der Waals surface area contributed by atoms with Crippen LogP contribution in [0.3, 0.4) is 0 Å². The number of unbranched alkanes of at least 4 members (excludes halogenated alkanes) is 3. The summed E-state index contributed by atoms with van der Waals surface area (Å²) in [6.45, 7) is 4.95. The second-order valence-corrected chi connectivity index (χ2v) is 5.59. The average Bonchev–Trinajstić information content (AvgIpc) is 2.86. The van der Waals surface area contributed by atoms with Gasteiger partial charge in [0.1, 0.15) is 0 Å². The number of amides is 1. The summed E-state index contributed by atoms with van der Waals surface area (Å²) in [6, 6.07) is 0. The highest BCUT2D eigenvalue weighted by molar-refractivity contribution is 5.82. The van der Waals surface area contributed by atoms with Crippen LogP contribution in [0.2, 0.25) is 0 Å². The summed E-state index contributed by atoms with van der Waals surface area (Å²) in [5, 5.41) is 11.4. The van der Waals surface area contributed by atoms with E-state index < -0.39 is 5.97 Å². The normalized spacial score (nSPS) is 20.9. The third kappa shape index (κ3) is 5.20. The zero-order valence-electron chi connectivity index (χ0n) is 10.8. The molecule has 1 aliphatic rings. The van der Waals surface area contributed by atoms with Crippen LogP contribution in [-0.2, 0) is 9.59 Å². The van der Waals surface area contributed by atoms with E-state index in [1.165, 1.54) is 0 Å². The molecule has 0 spiro atoms. The van der Waals surface area contributed by atoms with Crippen LogP contribution in [0, 0.1) is 11.3 Å². The van der Waals surface area contributed by atoms with Crippen molar-refractivity contribution in [2.45, 2.75) is 52.4 Å². The van der Waals surface area contributed by atoms with E-state index in [1.54, 1.807) is 0 Å². The predicted octanol–water partition coefficient (Wildman–Crippen LogP) is 2.18. The van der Waals surface area contributed by atoms with Gasteiger partial charge in [-0.25, -0.2) is 0 Å². The van der Waals surface area contributed by atoms with Gasteiger partial charge in [0.15, 0.2) is 0 Å². The Kier molecular flexibility index (Phi) is 4.97. The van der Waals surface area contributed by atoms with E-state index >= 15 is 0 Å². The molecule has 1 fully saturated rings. The van der Waals surface area contributed by atoms with Crippen LogP contribution in [0.4, 0.5) is 0 Å². The zero-order valence-corrected chi connectivity index (χ0v) is 10.8. The maximum absolute atomic E-state index is 11.6. The molecule has 2 N–H and O–H groups in total. The molecule has 0 aromatic carbocycles. The first-order valence-corrected chi connectivity index (χ1v) is 6.43. The molecule has 1 saturated carbocycles. The van der Waals surface area contributed by atoms with Crippen molar-refractivity contribution in [2.75, 3.05) is 6.54 Å². The molecular formula is C13H23NO3. The Bertz CT molecular complexity index is 286. The maximum Gasteiger partial charge on any atom is 0.303 e. The Morgan fingerprint density at radius 3 is 2.35 bits per heavy atom. The minimum absolute atomic E-state index is 0.181. The lowest BCUT2D eigenvalue weighted by Gasteiger charge is -2.06. The Labute approximate surface area is 103 Å². The second-order valence-electron chi connectivity index (χ2n) is 5.59. The van der Waals surface area contributed by atoms with Crippen LogP contribution in [-0.4, -0.2) is 23.5 Å². The van der Waals surface area contributed by atoms with Crippen LogP contribution >= 0.6 is 0 Å². The van der Waals surface area contributed by atoms with E-state index in [0.29, 0.717) is 0 Å². The van der Waals surface area contributed by atoms with Gasteiger partial charge in [-0.05, 0) is 24.7 Å². The third-order valence-electron chi connectivity index (χ3n) is 3.45. The molecule has 1 aliphatic carbocycles. The molecule has 0 aliphatic heterocycles. The Morgan fingerprint density at radius 1 is 1.24 bits per heavy atom. The van der Waals surface area contributed by atoms with Gasteiger partial charge in [-0.2, -0.15) is 0 Å². The molecule has 0 unspecified atom stereocenters. The topological polar surface area (TPSA) is 66.4 Å². The van der Waals surface area contributed by atoms with Crippen LogP contribution in [0.25, 0.3) is 0 Å². The number of carboxylic acids is 1. The number of hydrogen-bond acceptors (Lipinski definition) is 2. The number of aliphatic carboxylic acids is 1. The first-order chi connectivity index (χ1) is 7.93. The monoisotopic (exact) mass is 241 g/mol. The summed E-state index contributed by atoms with van der Waals surface area (Å²) >= 11 is 0. The van der Waals surface area contributed by atoms with E-state index in [-0.39, 0.29) is 23.7 Å². The molecule has 98 valence electrons. The van der Waals surface area contributed by atoms with Crippen molar-refractivity contribution in [3.05, 3.63) is 0 Å². The number of carboxylic acid groups (broad SMARTS) is 1. The zero-order chi connectivity index (χ0) is 12.9.